The van der Waals surface area contributed by atoms with Crippen molar-refractivity contribution in [1.82, 2.24) is 0 Å². The molecule has 4 nitrogen and oxygen atoms in total. The normalized spacial score (nSPS) is 32.6. The maximum Gasteiger partial charge on any atom is 0.343 e. The lowest BCUT2D eigenvalue weighted by molar-refractivity contribution is -0.918. The van der Waals surface area contributed by atoms with Crippen LogP contribution in [0.15, 0.2) is 30.3 Å². The van der Waals surface area contributed by atoms with E-state index in [1.807, 2.05) is 0 Å². The molecule has 6 heteroatoms. The number of hydrogen-bond acceptors (Lipinski definition) is 3. The average molecular weight is 465 g/mol. The smallest absolute Gasteiger partial charge is 0.343 e. The molecule has 0 unspecified atom stereocenters. The molecule has 1 aromatic carbocycles. The zero-order valence-corrected chi connectivity index (χ0v) is 20.0. The number of nitrogens with zero attached hydrogens (tertiary/aromatic N) is 1. The fourth-order valence-electron chi connectivity index (χ4n) is 6.40. The first-order chi connectivity index (χ1) is 15.7. The molecule has 4 rings (SSSR count). The second kappa shape index (κ2) is 9.99. The van der Waals surface area contributed by atoms with Crippen LogP contribution in [0.5, 0.6) is 0 Å². The third kappa shape index (κ3) is 5.76. The van der Waals surface area contributed by atoms with Gasteiger partial charge < -0.3 is 14.3 Å². The predicted molar refractivity (Wildman–Crippen MR) is 124 cm³/mol. The minimum Gasteiger partial charge on any atom is -0.460 e. The molecule has 0 radical (unpaired) electrons. The minimum absolute atomic E-state index is 0.106. The third-order valence-corrected chi connectivity index (χ3v) is 8.45. The highest BCUT2D eigenvalue weighted by molar-refractivity contribution is 5.81. The molecule has 1 N–H and O–H groups in total. The van der Waals surface area contributed by atoms with Gasteiger partial charge in [0.1, 0.15) is 6.10 Å². The molecule has 3 fully saturated rings. The molecule has 2 atom stereocenters. The maximum absolute atomic E-state index is 14.0. The number of halogens is 2. The first-order valence-corrected chi connectivity index (χ1v) is 12.9. The molecule has 1 saturated heterocycles. The zero-order chi connectivity index (χ0) is 23.5. The lowest BCUT2D eigenvalue weighted by Gasteiger charge is -2.43. The Morgan fingerprint density at radius 1 is 1.06 bits per heavy atom. The van der Waals surface area contributed by atoms with Gasteiger partial charge in [0.15, 0.2) is 5.60 Å². The van der Waals surface area contributed by atoms with Gasteiger partial charge in [-0.1, -0.05) is 56.0 Å². The van der Waals surface area contributed by atoms with Gasteiger partial charge in [0.05, 0.1) is 26.7 Å². The number of likely N-dealkylation sites (tertiary alicyclic amines) is 1. The Labute approximate surface area is 196 Å². The van der Waals surface area contributed by atoms with Crippen molar-refractivity contribution in [3.05, 3.63) is 35.9 Å². The number of esters is 1. The molecule has 1 aliphatic heterocycles. The highest BCUT2D eigenvalue weighted by Gasteiger charge is 2.55. The number of rotatable bonds is 6. The molecule has 0 bridgehead atoms. The van der Waals surface area contributed by atoms with Crippen molar-refractivity contribution >= 4 is 5.97 Å². The molecule has 3 aliphatic rings. The quantitative estimate of drug-likeness (QED) is 0.347. The lowest BCUT2D eigenvalue weighted by atomic mass is 9.80. The highest BCUT2D eigenvalue weighted by Crippen LogP contribution is 2.48. The summed E-state index contributed by atoms with van der Waals surface area (Å²) in [7, 11) is 2.31. The van der Waals surface area contributed by atoms with Crippen LogP contribution in [0, 0.1) is 11.8 Å². The Bertz CT molecular complexity index is 786. The van der Waals surface area contributed by atoms with Crippen molar-refractivity contribution in [2.45, 2.75) is 88.3 Å². The van der Waals surface area contributed by atoms with E-state index in [1.165, 1.54) is 45.1 Å². The van der Waals surface area contributed by atoms with Gasteiger partial charge in [0.2, 0.25) is 5.92 Å². The fraction of sp³-hybridized carbons (Fsp3) is 0.741. The Hall–Kier alpha value is -1.53. The second-order valence-electron chi connectivity index (χ2n) is 11.1. The molecule has 1 aromatic rings. The number of ether oxygens (including phenoxy) is 1. The van der Waals surface area contributed by atoms with Crippen molar-refractivity contribution in [2.75, 3.05) is 26.7 Å². The lowest BCUT2D eigenvalue weighted by Crippen LogP contribution is -2.54. The molecule has 1 heterocycles. The number of alkyl halides is 2. The monoisotopic (exact) mass is 464 g/mol. The summed E-state index contributed by atoms with van der Waals surface area (Å²) in [5.41, 5.74) is -1.68. The molecule has 0 aromatic heterocycles. The predicted octanol–water partition coefficient (Wildman–Crippen LogP) is 5.43. The molecule has 0 spiro atoms. The summed E-state index contributed by atoms with van der Waals surface area (Å²) in [4.78, 5) is 13.3. The first kappa shape index (κ1) is 24.6. The van der Waals surface area contributed by atoms with Crippen LogP contribution in [-0.4, -0.2) is 54.3 Å². The Balaban J connectivity index is 1.40. The van der Waals surface area contributed by atoms with E-state index in [4.69, 9.17) is 4.74 Å². The van der Waals surface area contributed by atoms with Crippen LogP contribution in [0.4, 0.5) is 8.78 Å². The van der Waals surface area contributed by atoms with E-state index in [0.29, 0.717) is 5.56 Å². The summed E-state index contributed by atoms with van der Waals surface area (Å²) in [6.45, 7) is 3.07. The van der Waals surface area contributed by atoms with Gasteiger partial charge in [0, 0.05) is 37.5 Å². The molecule has 2 saturated carbocycles. The SMILES string of the molecule is C[N+]1(CC2CCCCCC2)CCC(OC(=O)[C@](O)(c2ccccc2)[C@@H]2CCC(F)(F)C2)CC1. The van der Waals surface area contributed by atoms with E-state index < -0.39 is 29.8 Å². The second-order valence-corrected chi connectivity index (χ2v) is 11.1. The summed E-state index contributed by atoms with van der Waals surface area (Å²) in [6.07, 6.45) is 8.57. The van der Waals surface area contributed by atoms with Gasteiger partial charge in [-0.25, -0.2) is 13.6 Å². The van der Waals surface area contributed by atoms with E-state index in [2.05, 4.69) is 7.05 Å². The standard InChI is InChI=1S/C27H40F2NO3/c1-30(20-21-9-5-2-3-6-10-21)17-14-24(15-18-30)33-25(31)27(32,22-11-7-4-8-12-22)23-13-16-26(28,29)19-23/h4,7-8,11-12,21,23-24,32H,2-3,5-6,9-10,13-20H2,1H3/q+1/t23-,24?,27+,30?/m1/s1. The summed E-state index contributed by atoms with van der Waals surface area (Å²) < 4.78 is 34.9. The summed E-state index contributed by atoms with van der Waals surface area (Å²) in [6, 6.07) is 8.50. The maximum atomic E-state index is 14.0. The number of aliphatic hydroxyl groups is 1. The molecule has 2 aliphatic carbocycles. The number of piperidine rings is 1. The van der Waals surface area contributed by atoms with Crippen LogP contribution in [0.1, 0.15) is 76.2 Å². The van der Waals surface area contributed by atoms with Crippen LogP contribution in [0.25, 0.3) is 0 Å². The van der Waals surface area contributed by atoms with E-state index >= 15 is 0 Å². The number of hydrogen-bond donors (Lipinski definition) is 1. The summed E-state index contributed by atoms with van der Waals surface area (Å²) >= 11 is 0. The number of carbonyl (C=O) groups excluding carboxylic acids is 1. The van der Waals surface area contributed by atoms with Gasteiger partial charge in [-0.05, 0) is 24.8 Å². The number of benzene rings is 1. The van der Waals surface area contributed by atoms with Crippen LogP contribution >= 0.6 is 0 Å². The summed E-state index contributed by atoms with van der Waals surface area (Å²) in [5, 5.41) is 11.5. The minimum atomic E-state index is -2.85. The first-order valence-electron chi connectivity index (χ1n) is 12.9. The van der Waals surface area contributed by atoms with E-state index in [1.54, 1.807) is 30.3 Å². The Morgan fingerprint density at radius 3 is 2.27 bits per heavy atom. The van der Waals surface area contributed by atoms with Crippen molar-refractivity contribution in [3.63, 3.8) is 0 Å². The van der Waals surface area contributed by atoms with Crippen molar-refractivity contribution in [1.29, 1.82) is 0 Å². The van der Waals surface area contributed by atoms with Crippen molar-refractivity contribution in [3.8, 4) is 0 Å². The van der Waals surface area contributed by atoms with Gasteiger partial charge in [0.25, 0.3) is 0 Å². The largest absolute Gasteiger partial charge is 0.460 e. The Morgan fingerprint density at radius 2 is 1.70 bits per heavy atom. The molecule has 33 heavy (non-hydrogen) atoms. The number of carbonyl (C=O) groups is 1. The topological polar surface area (TPSA) is 46.5 Å². The molecular formula is C27H40F2NO3+. The molecule has 184 valence electrons. The van der Waals surface area contributed by atoms with E-state index in [0.717, 1.165) is 36.3 Å². The van der Waals surface area contributed by atoms with Crippen LogP contribution in [0.2, 0.25) is 0 Å². The number of quaternary nitrogens is 1. The van der Waals surface area contributed by atoms with Gasteiger partial charge in [-0.3, -0.25) is 0 Å². The highest BCUT2D eigenvalue weighted by atomic mass is 19.3. The van der Waals surface area contributed by atoms with Crippen LogP contribution in [0.3, 0.4) is 0 Å². The van der Waals surface area contributed by atoms with Crippen LogP contribution < -0.4 is 0 Å². The van der Waals surface area contributed by atoms with E-state index in [-0.39, 0.29) is 18.9 Å². The van der Waals surface area contributed by atoms with Crippen molar-refractivity contribution in [2.24, 2.45) is 11.8 Å². The van der Waals surface area contributed by atoms with E-state index in [9.17, 15) is 18.7 Å². The van der Waals surface area contributed by atoms with Gasteiger partial charge in [-0.2, -0.15) is 0 Å². The average Bonchev–Trinajstić information content (AvgIpc) is 2.99. The van der Waals surface area contributed by atoms with Gasteiger partial charge >= 0.3 is 5.97 Å². The molecular weight excluding hydrogens is 424 g/mol. The Kier molecular flexibility index (Phi) is 7.44. The fourth-order valence-corrected chi connectivity index (χ4v) is 6.40. The zero-order valence-electron chi connectivity index (χ0n) is 20.0. The summed E-state index contributed by atoms with van der Waals surface area (Å²) in [5.74, 6) is -3.68. The van der Waals surface area contributed by atoms with Crippen molar-refractivity contribution < 1.29 is 27.9 Å². The third-order valence-electron chi connectivity index (χ3n) is 8.45. The molecule has 0 amide bonds. The van der Waals surface area contributed by atoms with Crippen LogP contribution in [-0.2, 0) is 15.1 Å². The van der Waals surface area contributed by atoms with Gasteiger partial charge in [-0.15, -0.1) is 0 Å².